The second-order valence-corrected chi connectivity index (χ2v) is 12.2. The first kappa shape index (κ1) is 28.7. The lowest BCUT2D eigenvalue weighted by atomic mass is 10.2. The van der Waals surface area contributed by atoms with Crippen molar-refractivity contribution >= 4 is 52.1 Å². The molecule has 0 aliphatic carbocycles. The molecule has 22 heteroatoms. The third-order valence-electron chi connectivity index (χ3n) is 6.81. The Kier molecular flexibility index (Phi) is 7.53. The quantitative estimate of drug-likeness (QED) is 0.133. The second-order valence-electron chi connectivity index (χ2n) is 9.54. The summed E-state index contributed by atoms with van der Waals surface area (Å²) in [5, 5.41) is 0. The molecule has 0 radical (unpaired) electrons. The maximum absolute atomic E-state index is 12.9. The minimum atomic E-state index is -4.89. The zero-order valence-electron chi connectivity index (χ0n) is 21.6. The van der Waals surface area contributed by atoms with E-state index >= 15 is 0 Å². The number of ether oxygens (including phenoxy) is 2. The van der Waals surface area contributed by atoms with Gasteiger partial charge >= 0.3 is 18.1 Å². The van der Waals surface area contributed by atoms with Crippen LogP contribution in [-0.2, 0) is 33.0 Å². The molecule has 2 aliphatic rings. The highest BCUT2D eigenvalue weighted by molar-refractivity contribution is 7.84. The van der Waals surface area contributed by atoms with Gasteiger partial charge in [-0.15, -0.1) is 0 Å². The van der Waals surface area contributed by atoms with Gasteiger partial charge in [-0.1, -0.05) is 0 Å². The van der Waals surface area contributed by atoms with E-state index in [0.717, 1.165) is 0 Å². The number of rotatable bonds is 10. The number of nitrogens with two attached hydrogens (primary N) is 2. The molecule has 0 saturated carbocycles. The van der Waals surface area contributed by atoms with E-state index in [-0.39, 0.29) is 24.6 Å². The van der Waals surface area contributed by atoms with Crippen LogP contribution in [0.5, 0.6) is 0 Å². The Morgan fingerprint density at radius 2 is 1.57 bits per heavy atom. The third kappa shape index (κ3) is 5.91. The first-order valence-corrected chi connectivity index (χ1v) is 15.5. The summed E-state index contributed by atoms with van der Waals surface area (Å²) in [4.78, 5) is 42.9. The van der Waals surface area contributed by atoms with Crippen molar-refractivity contribution in [2.24, 2.45) is 0 Å². The van der Waals surface area contributed by atoms with Gasteiger partial charge in [0, 0.05) is 13.0 Å². The van der Waals surface area contributed by atoms with Crippen LogP contribution >= 0.6 is 7.82 Å². The Bertz CT molecular complexity index is 1760. The topological polar surface area (TPSA) is 280 Å². The number of hydrogen-bond acceptors (Lipinski definition) is 15. The number of phosphoric ester groups is 1. The predicted molar refractivity (Wildman–Crippen MR) is 141 cm³/mol. The van der Waals surface area contributed by atoms with Crippen molar-refractivity contribution in [3.8, 4) is 0 Å². The van der Waals surface area contributed by atoms with Crippen molar-refractivity contribution in [2.45, 2.75) is 50.0 Å². The van der Waals surface area contributed by atoms with Crippen LogP contribution in [0.2, 0.25) is 0 Å². The van der Waals surface area contributed by atoms with Crippen LogP contribution in [0.1, 0.15) is 31.7 Å². The van der Waals surface area contributed by atoms with E-state index in [1.807, 2.05) is 0 Å². The van der Waals surface area contributed by atoms with Gasteiger partial charge in [0.05, 0.1) is 25.4 Å². The summed E-state index contributed by atoms with van der Waals surface area (Å²) >= 11 is 0. The molecular formula is C20H26N11O9PS. The molecule has 2 aliphatic heterocycles. The predicted octanol–water partition coefficient (Wildman–Crippen LogP) is -0.875. The lowest BCUT2D eigenvalue weighted by molar-refractivity contribution is -0.0381. The summed E-state index contributed by atoms with van der Waals surface area (Å²) in [6, 6.07) is 0. The standard InChI is InChI=1S/C20H26N11O9PS/c21-17-15-19(25-6-23-17)30(8-27-15)13-2-1-10(38-13)4-29-42(35,36)40-11-3-14(39-12(11)5-37-41(32,33)34)31-9-28-16-18(22)24-7-26-20(16)31/h6-14,29H,1-5H2,(H2,21,23,25)(H2,22,24,26)(H2,32,33,34)/t10-,11-,12+,13+,14+/m0/s1. The number of fused-ring (bicyclic) bond motifs is 2. The van der Waals surface area contributed by atoms with Gasteiger partial charge in [-0.25, -0.2) is 34.5 Å². The molecule has 2 fully saturated rings. The normalized spacial score (nSPS) is 25.1. The largest absolute Gasteiger partial charge is 0.469 e. The molecule has 0 amide bonds. The van der Waals surface area contributed by atoms with Gasteiger partial charge < -0.3 is 30.7 Å². The summed E-state index contributed by atoms with van der Waals surface area (Å²) in [6.07, 6.45) is 2.36. The van der Waals surface area contributed by atoms with Gasteiger partial charge in [0.2, 0.25) is 0 Å². The fourth-order valence-electron chi connectivity index (χ4n) is 4.89. The average Bonchev–Trinajstić information content (AvgIpc) is 3.71. The molecule has 4 aromatic heterocycles. The Balaban J connectivity index is 1.11. The van der Waals surface area contributed by atoms with Crippen molar-refractivity contribution in [3.05, 3.63) is 25.3 Å². The Labute approximate surface area is 236 Å². The molecule has 6 rings (SSSR count). The molecule has 0 unspecified atom stereocenters. The Morgan fingerprint density at radius 3 is 2.19 bits per heavy atom. The number of phosphoric acid groups is 1. The molecule has 6 heterocycles. The number of nitrogens with one attached hydrogen (secondary N) is 1. The molecular weight excluding hydrogens is 601 g/mol. The van der Waals surface area contributed by atoms with Gasteiger partial charge in [0.1, 0.15) is 48.4 Å². The Hall–Kier alpha value is -3.40. The van der Waals surface area contributed by atoms with Crippen LogP contribution in [0, 0.1) is 0 Å². The SMILES string of the molecule is Nc1ncnc2c1ncn2[C@H]1CC[C@@H](CNS(=O)(=O)O[C@H]2C[C@H](n3cnc4c(N)ncnc43)O[C@@H]2COP(=O)(O)O)O1. The molecule has 4 aromatic rings. The van der Waals surface area contributed by atoms with Crippen LogP contribution in [0.15, 0.2) is 25.3 Å². The van der Waals surface area contributed by atoms with E-state index in [2.05, 4.69) is 39.1 Å². The highest BCUT2D eigenvalue weighted by Crippen LogP contribution is 2.40. The number of aromatic nitrogens is 8. The minimum Gasteiger partial charge on any atom is -0.382 e. The van der Waals surface area contributed by atoms with E-state index < -0.39 is 55.5 Å². The zero-order chi connectivity index (χ0) is 29.6. The zero-order valence-corrected chi connectivity index (χ0v) is 23.3. The van der Waals surface area contributed by atoms with Crippen LogP contribution < -0.4 is 16.2 Å². The molecule has 226 valence electrons. The van der Waals surface area contributed by atoms with Gasteiger partial charge in [0.15, 0.2) is 22.9 Å². The van der Waals surface area contributed by atoms with Crippen LogP contribution in [0.25, 0.3) is 22.3 Å². The van der Waals surface area contributed by atoms with Gasteiger partial charge in [-0.05, 0) is 12.8 Å². The molecule has 0 spiro atoms. The van der Waals surface area contributed by atoms with E-state index in [4.69, 9.17) is 34.9 Å². The van der Waals surface area contributed by atoms with Gasteiger partial charge in [0.25, 0.3) is 0 Å². The van der Waals surface area contributed by atoms with E-state index in [9.17, 15) is 13.0 Å². The summed E-state index contributed by atoms with van der Waals surface area (Å²) in [7, 11) is -9.27. The minimum absolute atomic E-state index is 0.0494. The Morgan fingerprint density at radius 1 is 0.952 bits per heavy atom. The average molecular weight is 628 g/mol. The highest BCUT2D eigenvalue weighted by atomic mass is 32.2. The van der Waals surface area contributed by atoms with Crippen molar-refractivity contribution in [1.82, 2.24) is 43.8 Å². The molecule has 0 aromatic carbocycles. The molecule has 42 heavy (non-hydrogen) atoms. The number of nitrogens with zero attached hydrogens (tertiary/aromatic N) is 8. The van der Waals surface area contributed by atoms with Gasteiger partial charge in [-0.3, -0.25) is 17.8 Å². The van der Waals surface area contributed by atoms with Crippen LogP contribution in [0.3, 0.4) is 0 Å². The smallest absolute Gasteiger partial charge is 0.382 e. The van der Waals surface area contributed by atoms with E-state index in [1.165, 1.54) is 29.9 Å². The fraction of sp³-hybridized carbons (Fsp3) is 0.500. The number of anilines is 2. The lowest BCUT2D eigenvalue weighted by Gasteiger charge is -2.20. The van der Waals surface area contributed by atoms with Crippen molar-refractivity contribution in [3.63, 3.8) is 0 Å². The summed E-state index contributed by atoms with van der Waals surface area (Å²) in [6.45, 7) is -0.753. The van der Waals surface area contributed by atoms with Crippen molar-refractivity contribution < 1.29 is 41.0 Å². The maximum atomic E-state index is 12.9. The summed E-state index contributed by atoms with van der Waals surface area (Å²) in [5.41, 5.74) is 13.2. The van der Waals surface area contributed by atoms with Crippen LogP contribution in [-0.4, -0.2) is 88.7 Å². The van der Waals surface area contributed by atoms with Crippen LogP contribution in [0.4, 0.5) is 11.6 Å². The second kappa shape index (κ2) is 11.0. The van der Waals surface area contributed by atoms with E-state index in [0.29, 0.717) is 35.2 Å². The lowest BCUT2D eigenvalue weighted by Crippen LogP contribution is -2.38. The summed E-state index contributed by atoms with van der Waals surface area (Å²) < 4.78 is 64.6. The molecule has 7 N–H and O–H groups in total. The molecule has 5 atom stereocenters. The maximum Gasteiger partial charge on any atom is 0.469 e. The first-order valence-electron chi connectivity index (χ1n) is 12.5. The molecule has 0 bridgehead atoms. The highest BCUT2D eigenvalue weighted by Gasteiger charge is 2.42. The summed E-state index contributed by atoms with van der Waals surface area (Å²) in [5.74, 6) is 0.368. The first-order chi connectivity index (χ1) is 20.0. The molecule has 20 nitrogen and oxygen atoms in total. The van der Waals surface area contributed by atoms with Gasteiger partial charge in [-0.2, -0.15) is 13.1 Å². The van der Waals surface area contributed by atoms with Crippen molar-refractivity contribution in [2.75, 3.05) is 24.6 Å². The fourth-order valence-corrected chi connectivity index (χ4v) is 6.21. The van der Waals surface area contributed by atoms with Crippen molar-refractivity contribution in [1.29, 1.82) is 0 Å². The molecule has 2 saturated heterocycles. The number of nitrogen functional groups attached to an aromatic ring is 2. The monoisotopic (exact) mass is 627 g/mol. The number of hydrogen-bond donors (Lipinski definition) is 5. The third-order valence-corrected chi connectivity index (χ3v) is 8.31. The number of imidazole rings is 2. The van der Waals surface area contributed by atoms with E-state index in [1.54, 1.807) is 4.57 Å².